The van der Waals surface area contributed by atoms with Gasteiger partial charge < -0.3 is 4.42 Å². The van der Waals surface area contributed by atoms with Gasteiger partial charge in [-0.1, -0.05) is 15.9 Å². The first kappa shape index (κ1) is 10.8. The Labute approximate surface area is 106 Å². The summed E-state index contributed by atoms with van der Waals surface area (Å²) < 4.78 is 20.3. The highest BCUT2D eigenvalue weighted by atomic mass is 79.9. The van der Waals surface area contributed by atoms with Gasteiger partial charge in [-0.25, -0.2) is 4.39 Å². The van der Waals surface area contributed by atoms with Crippen molar-refractivity contribution in [3.8, 4) is 0 Å². The average molecular weight is 293 g/mol. The molecule has 0 bridgehead atoms. The van der Waals surface area contributed by atoms with Crippen molar-refractivity contribution in [3.05, 3.63) is 45.7 Å². The molecule has 1 heterocycles. The van der Waals surface area contributed by atoms with Gasteiger partial charge in [0.1, 0.15) is 17.0 Å². The summed E-state index contributed by atoms with van der Waals surface area (Å²) in [6, 6.07) is 7.25. The molecule has 3 rings (SSSR count). The third kappa shape index (κ3) is 1.42. The summed E-state index contributed by atoms with van der Waals surface area (Å²) in [5.74, 6) is -0.228. The minimum atomic E-state index is -0.228. The fraction of sp³-hybridized carbons (Fsp3) is 0.143. The molecule has 0 aliphatic carbocycles. The SMILES string of the molecule is Cc1c(F)ccc2c1oc1c(C)c(Br)ccc12. The molecule has 0 N–H and O–H groups in total. The predicted octanol–water partition coefficient (Wildman–Crippen LogP) is 5.10. The lowest BCUT2D eigenvalue weighted by Gasteiger charge is -1.97. The van der Waals surface area contributed by atoms with E-state index in [1.165, 1.54) is 6.07 Å². The maximum atomic E-state index is 13.5. The van der Waals surface area contributed by atoms with E-state index < -0.39 is 0 Å². The van der Waals surface area contributed by atoms with Crippen LogP contribution in [0, 0.1) is 19.7 Å². The average Bonchev–Trinajstić information content (AvgIpc) is 2.69. The summed E-state index contributed by atoms with van der Waals surface area (Å²) in [7, 11) is 0. The van der Waals surface area contributed by atoms with Crippen molar-refractivity contribution in [2.45, 2.75) is 13.8 Å². The van der Waals surface area contributed by atoms with Crippen molar-refractivity contribution in [1.29, 1.82) is 0 Å². The molecule has 3 aromatic rings. The zero-order valence-corrected chi connectivity index (χ0v) is 11.1. The highest BCUT2D eigenvalue weighted by Gasteiger charge is 2.14. The van der Waals surface area contributed by atoms with E-state index in [9.17, 15) is 4.39 Å². The van der Waals surface area contributed by atoms with Crippen molar-refractivity contribution in [1.82, 2.24) is 0 Å². The molecule has 0 unspecified atom stereocenters. The molecule has 0 amide bonds. The zero-order valence-electron chi connectivity index (χ0n) is 9.47. The Morgan fingerprint density at radius 2 is 1.53 bits per heavy atom. The van der Waals surface area contributed by atoms with E-state index in [4.69, 9.17) is 4.42 Å². The number of hydrogen-bond donors (Lipinski definition) is 0. The predicted molar refractivity (Wildman–Crippen MR) is 70.9 cm³/mol. The summed E-state index contributed by atoms with van der Waals surface area (Å²) in [6.45, 7) is 3.73. The third-order valence-corrected chi connectivity index (χ3v) is 4.03. The van der Waals surface area contributed by atoms with E-state index in [2.05, 4.69) is 15.9 Å². The van der Waals surface area contributed by atoms with Gasteiger partial charge in [-0.05, 0) is 38.1 Å². The second-order valence-electron chi connectivity index (χ2n) is 4.20. The second kappa shape index (κ2) is 3.57. The first-order chi connectivity index (χ1) is 8.09. The van der Waals surface area contributed by atoms with Crippen LogP contribution in [0.1, 0.15) is 11.1 Å². The van der Waals surface area contributed by atoms with E-state index in [0.29, 0.717) is 11.1 Å². The quantitative estimate of drug-likeness (QED) is 0.561. The zero-order chi connectivity index (χ0) is 12.2. The van der Waals surface area contributed by atoms with E-state index in [0.717, 1.165) is 26.4 Å². The molecule has 0 radical (unpaired) electrons. The molecule has 0 saturated carbocycles. The standard InChI is InChI=1S/C14H10BrFO/c1-7-11(15)5-3-9-10-4-6-12(16)8(2)14(10)17-13(7)9/h3-6H,1-2H3. The van der Waals surface area contributed by atoms with Crippen LogP contribution < -0.4 is 0 Å². The Kier molecular flexibility index (Phi) is 2.26. The third-order valence-electron chi connectivity index (χ3n) is 3.17. The van der Waals surface area contributed by atoms with E-state index in [1.54, 1.807) is 13.0 Å². The van der Waals surface area contributed by atoms with Gasteiger partial charge in [-0.3, -0.25) is 0 Å². The van der Waals surface area contributed by atoms with Crippen LogP contribution in [0.25, 0.3) is 21.9 Å². The molecule has 86 valence electrons. The molecule has 0 aliphatic rings. The van der Waals surface area contributed by atoms with Crippen LogP contribution in [0.2, 0.25) is 0 Å². The van der Waals surface area contributed by atoms with Crippen LogP contribution in [-0.2, 0) is 0 Å². The number of rotatable bonds is 0. The van der Waals surface area contributed by atoms with Crippen LogP contribution in [-0.4, -0.2) is 0 Å². The van der Waals surface area contributed by atoms with E-state index >= 15 is 0 Å². The van der Waals surface area contributed by atoms with Gasteiger partial charge in [0.05, 0.1) is 0 Å². The molecular weight excluding hydrogens is 283 g/mol. The van der Waals surface area contributed by atoms with E-state index in [-0.39, 0.29) is 5.82 Å². The Balaban J connectivity index is 2.58. The monoisotopic (exact) mass is 292 g/mol. The van der Waals surface area contributed by atoms with Gasteiger partial charge >= 0.3 is 0 Å². The van der Waals surface area contributed by atoms with Crippen molar-refractivity contribution in [2.24, 2.45) is 0 Å². The maximum absolute atomic E-state index is 13.5. The Morgan fingerprint density at radius 3 is 2.24 bits per heavy atom. The first-order valence-electron chi connectivity index (χ1n) is 5.36. The number of benzene rings is 2. The van der Waals surface area contributed by atoms with Crippen LogP contribution in [0.4, 0.5) is 4.39 Å². The van der Waals surface area contributed by atoms with Gasteiger partial charge in [0.25, 0.3) is 0 Å². The molecule has 0 fully saturated rings. The van der Waals surface area contributed by atoms with Gasteiger partial charge in [-0.15, -0.1) is 0 Å². The lowest BCUT2D eigenvalue weighted by atomic mass is 10.1. The molecule has 17 heavy (non-hydrogen) atoms. The van der Waals surface area contributed by atoms with Gasteiger partial charge in [0.2, 0.25) is 0 Å². The van der Waals surface area contributed by atoms with Crippen LogP contribution in [0.5, 0.6) is 0 Å². The highest BCUT2D eigenvalue weighted by Crippen LogP contribution is 2.35. The molecule has 0 saturated heterocycles. The highest BCUT2D eigenvalue weighted by molar-refractivity contribution is 9.10. The van der Waals surface area contributed by atoms with Gasteiger partial charge in [0.15, 0.2) is 0 Å². The number of aryl methyl sites for hydroxylation is 2. The summed E-state index contributed by atoms with van der Waals surface area (Å²) in [5, 5.41) is 2.00. The van der Waals surface area contributed by atoms with Crippen LogP contribution in [0.3, 0.4) is 0 Å². The molecule has 1 aromatic heterocycles. The van der Waals surface area contributed by atoms with Crippen molar-refractivity contribution in [2.75, 3.05) is 0 Å². The van der Waals surface area contributed by atoms with Crippen molar-refractivity contribution in [3.63, 3.8) is 0 Å². The fourth-order valence-electron chi connectivity index (χ4n) is 2.12. The molecule has 0 spiro atoms. The largest absolute Gasteiger partial charge is 0.455 e. The molecule has 3 heteroatoms. The Bertz CT molecular complexity index is 681. The molecule has 0 aliphatic heterocycles. The molecule has 2 aromatic carbocycles. The first-order valence-corrected chi connectivity index (χ1v) is 6.15. The summed E-state index contributed by atoms with van der Waals surface area (Å²) in [4.78, 5) is 0. The summed E-state index contributed by atoms with van der Waals surface area (Å²) >= 11 is 3.47. The molecule has 0 atom stereocenters. The van der Waals surface area contributed by atoms with Gasteiger partial charge in [-0.2, -0.15) is 0 Å². The normalized spacial score (nSPS) is 11.5. The number of fused-ring (bicyclic) bond motifs is 3. The van der Waals surface area contributed by atoms with Gasteiger partial charge in [0, 0.05) is 26.4 Å². The topological polar surface area (TPSA) is 13.1 Å². The molecule has 1 nitrogen and oxygen atoms in total. The van der Waals surface area contributed by atoms with Crippen molar-refractivity contribution < 1.29 is 8.81 Å². The number of hydrogen-bond acceptors (Lipinski definition) is 1. The number of halogens is 2. The maximum Gasteiger partial charge on any atom is 0.141 e. The van der Waals surface area contributed by atoms with E-state index in [1.807, 2.05) is 19.1 Å². The lowest BCUT2D eigenvalue weighted by molar-refractivity contribution is 0.607. The Hall–Kier alpha value is -1.35. The summed E-state index contributed by atoms with van der Waals surface area (Å²) in [5.41, 5.74) is 3.07. The summed E-state index contributed by atoms with van der Waals surface area (Å²) in [6.07, 6.45) is 0. The Morgan fingerprint density at radius 1 is 0.941 bits per heavy atom. The minimum absolute atomic E-state index is 0.228. The second-order valence-corrected chi connectivity index (χ2v) is 5.05. The fourth-order valence-corrected chi connectivity index (χ4v) is 2.44. The number of furan rings is 1. The smallest absolute Gasteiger partial charge is 0.141 e. The van der Waals surface area contributed by atoms with Crippen LogP contribution in [0.15, 0.2) is 33.2 Å². The molecular formula is C14H10BrFO. The minimum Gasteiger partial charge on any atom is -0.455 e. The van der Waals surface area contributed by atoms with Crippen LogP contribution >= 0.6 is 15.9 Å². The lowest BCUT2D eigenvalue weighted by Crippen LogP contribution is -1.80. The van der Waals surface area contributed by atoms with Crippen molar-refractivity contribution >= 4 is 37.9 Å².